The van der Waals surface area contributed by atoms with Crippen LogP contribution in [0.5, 0.6) is 0 Å². The third-order valence-electron chi connectivity index (χ3n) is 2.05. The van der Waals surface area contributed by atoms with Gasteiger partial charge in [0.05, 0.1) is 0 Å². The van der Waals surface area contributed by atoms with E-state index in [2.05, 4.69) is 18.7 Å². The summed E-state index contributed by atoms with van der Waals surface area (Å²) in [4.78, 5) is 12.4. The minimum atomic E-state index is -0.297. The maximum absolute atomic E-state index is 11.1. The number of thioether (sulfide) groups is 2. The van der Waals surface area contributed by atoms with Crippen LogP contribution in [0.25, 0.3) is 0 Å². The lowest BCUT2D eigenvalue weighted by molar-refractivity contribution is -0.138. The molecule has 0 atom stereocenters. The molecule has 0 aliphatic carbocycles. The highest BCUT2D eigenvalue weighted by Crippen LogP contribution is 2.18. The van der Waals surface area contributed by atoms with Crippen LogP contribution in [-0.4, -0.2) is 29.8 Å². The summed E-state index contributed by atoms with van der Waals surface area (Å²) in [6.07, 6.45) is 0. The van der Waals surface area contributed by atoms with Gasteiger partial charge in [0.1, 0.15) is 6.61 Å². The normalized spacial score (nSPS) is 10.1. The first-order chi connectivity index (χ1) is 8.70. The Morgan fingerprint density at radius 2 is 1.94 bits per heavy atom. The Labute approximate surface area is 117 Å². The number of benzene rings is 1. The minimum absolute atomic E-state index is 0.297. The third-order valence-corrected chi connectivity index (χ3v) is 4.27. The van der Waals surface area contributed by atoms with Crippen molar-refractivity contribution in [3.05, 3.63) is 42.5 Å². The molecule has 0 N–H and O–H groups in total. The molecule has 98 valence electrons. The van der Waals surface area contributed by atoms with Crippen molar-refractivity contribution in [1.82, 2.24) is 0 Å². The molecular weight excluding hydrogens is 264 g/mol. The molecule has 0 aliphatic heterocycles. The van der Waals surface area contributed by atoms with Gasteiger partial charge in [-0.25, -0.2) is 4.79 Å². The smallest absolute Gasteiger partial charge is 0.333 e. The number of hydrogen-bond acceptors (Lipinski definition) is 4. The SMILES string of the molecule is C=C(C)C(=O)OCCSCCSc1ccccc1. The van der Waals surface area contributed by atoms with Gasteiger partial charge in [-0.2, -0.15) is 11.8 Å². The molecule has 2 nitrogen and oxygen atoms in total. The largest absolute Gasteiger partial charge is 0.461 e. The summed E-state index contributed by atoms with van der Waals surface area (Å²) in [6, 6.07) is 10.3. The maximum atomic E-state index is 11.1. The van der Waals surface area contributed by atoms with Crippen LogP contribution in [0.1, 0.15) is 6.92 Å². The molecule has 0 amide bonds. The van der Waals surface area contributed by atoms with Gasteiger partial charge in [0, 0.05) is 27.7 Å². The average molecular weight is 282 g/mol. The van der Waals surface area contributed by atoms with Crippen molar-refractivity contribution in [1.29, 1.82) is 0 Å². The van der Waals surface area contributed by atoms with Crippen molar-refractivity contribution in [3.63, 3.8) is 0 Å². The highest BCUT2D eigenvalue weighted by atomic mass is 32.2. The highest BCUT2D eigenvalue weighted by molar-refractivity contribution is 8.02. The molecule has 0 bridgehead atoms. The predicted molar refractivity (Wildman–Crippen MR) is 80.3 cm³/mol. The molecular formula is C14H18O2S2. The summed E-state index contributed by atoms with van der Waals surface area (Å²) in [5, 5.41) is 0. The summed E-state index contributed by atoms with van der Waals surface area (Å²) < 4.78 is 5.00. The van der Waals surface area contributed by atoms with Gasteiger partial charge in [0.2, 0.25) is 0 Å². The van der Waals surface area contributed by atoms with Crippen molar-refractivity contribution in [2.45, 2.75) is 11.8 Å². The first kappa shape index (κ1) is 15.2. The summed E-state index contributed by atoms with van der Waals surface area (Å²) in [6.45, 7) is 5.66. The van der Waals surface area contributed by atoms with E-state index in [9.17, 15) is 4.79 Å². The Hall–Kier alpha value is -0.870. The molecule has 0 saturated carbocycles. The highest BCUT2D eigenvalue weighted by Gasteiger charge is 2.01. The molecule has 0 fully saturated rings. The second kappa shape index (κ2) is 9.11. The van der Waals surface area contributed by atoms with E-state index in [1.54, 1.807) is 18.7 Å². The van der Waals surface area contributed by atoms with E-state index in [0.717, 1.165) is 17.3 Å². The van der Waals surface area contributed by atoms with Gasteiger partial charge >= 0.3 is 5.97 Å². The van der Waals surface area contributed by atoms with Gasteiger partial charge in [0.15, 0.2) is 0 Å². The average Bonchev–Trinajstić information content (AvgIpc) is 2.38. The number of esters is 1. The fourth-order valence-corrected chi connectivity index (χ4v) is 2.95. The van der Waals surface area contributed by atoms with Crippen LogP contribution in [0.4, 0.5) is 0 Å². The van der Waals surface area contributed by atoms with Crippen LogP contribution in [0.15, 0.2) is 47.4 Å². The second-order valence-electron chi connectivity index (χ2n) is 3.69. The van der Waals surface area contributed by atoms with Crippen molar-refractivity contribution in [2.24, 2.45) is 0 Å². The lowest BCUT2D eigenvalue weighted by atomic mass is 10.4. The Bertz CT molecular complexity index is 377. The van der Waals surface area contributed by atoms with E-state index in [1.807, 2.05) is 30.0 Å². The van der Waals surface area contributed by atoms with Crippen molar-refractivity contribution >= 4 is 29.5 Å². The number of carbonyl (C=O) groups is 1. The summed E-state index contributed by atoms with van der Waals surface area (Å²) >= 11 is 3.65. The fourth-order valence-electron chi connectivity index (χ4n) is 1.15. The molecule has 0 aromatic heterocycles. The van der Waals surface area contributed by atoms with Crippen LogP contribution >= 0.6 is 23.5 Å². The van der Waals surface area contributed by atoms with Gasteiger partial charge in [-0.15, -0.1) is 11.8 Å². The summed E-state index contributed by atoms with van der Waals surface area (Å²) in [5.74, 6) is 2.68. The standard InChI is InChI=1S/C14H18O2S2/c1-12(2)14(15)16-8-9-17-10-11-18-13-6-4-3-5-7-13/h3-7H,1,8-11H2,2H3. The molecule has 1 aromatic rings. The molecule has 18 heavy (non-hydrogen) atoms. The number of hydrogen-bond donors (Lipinski definition) is 0. The van der Waals surface area contributed by atoms with Gasteiger partial charge in [0.25, 0.3) is 0 Å². The molecule has 0 aliphatic rings. The number of rotatable bonds is 8. The van der Waals surface area contributed by atoms with E-state index < -0.39 is 0 Å². The zero-order valence-electron chi connectivity index (χ0n) is 10.6. The Morgan fingerprint density at radius 3 is 2.61 bits per heavy atom. The molecule has 0 saturated heterocycles. The zero-order valence-corrected chi connectivity index (χ0v) is 12.2. The monoisotopic (exact) mass is 282 g/mol. The zero-order chi connectivity index (χ0) is 13.2. The van der Waals surface area contributed by atoms with Gasteiger partial charge < -0.3 is 4.74 Å². The molecule has 1 aromatic carbocycles. The van der Waals surface area contributed by atoms with E-state index >= 15 is 0 Å². The Kier molecular flexibility index (Phi) is 7.69. The molecule has 0 unspecified atom stereocenters. The number of ether oxygens (including phenoxy) is 1. The van der Waals surface area contributed by atoms with E-state index in [-0.39, 0.29) is 5.97 Å². The lowest BCUT2D eigenvalue weighted by Crippen LogP contribution is -2.07. The van der Waals surface area contributed by atoms with Crippen LogP contribution in [-0.2, 0) is 9.53 Å². The molecule has 0 radical (unpaired) electrons. The summed E-state index contributed by atoms with van der Waals surface area (Å²) in [5.41, 5.74) is 0.458. The number of carbonyl (C=O) groups excluding carboxylic acids is 1. The van der Waals surface area contributed by atoms with Crippen LogP contribution < -0.4 is 0 Å². The molecule has 0 heterocycles. The van der Waals surface area contributed by atoms with Crippen molar-refractivity contribution in [3.8, 4) is 0 Å². The van der Waals surface area contributed by atoms with Gasteiger partial charge in [-0.1, -0.05) is 24.8 Å². The topological polar surface area (TPSA) is 26.3 Å². The van der Waals surface area contributed by atoms with Crippen LogP contribution in [0.2, 0.25) is 0 Å². The quantitative estimate of drug-likeness (QED) is 0.315. The van der Waals surface area contributed by atoms with Gasteiger partial charge in [-0.05, 0) is 19.1 Å². The van der Waals surface area contributed by atoms with Crippen LogP contribution in [0, 0.1) is 0 Å². The molecule has 1 rings (SSSR count). The van der Waals surface area contributed by atoms with E-state index in [1.165, 1.54) is 4.90 Å². The van der Waals surface area contributed by atoms with Crippen LogP contribution in [0.3, 0.4) is 0 Å². The Balaban J connectivity index is 1.96. The van der Waals surface area contributed by atoms with Crippen molar-refractivity contribution in [2.75, 3.05) is 23.9 Å². The molecule has 0 spiro atoms. The first-order valence-corrected chi connectivity index (χ1v) is 7.92. The lowest BCUT2D eigenvalue weighted by Gasteiger charge is -2.04. The summed E-state index contributed by atoms with van der Waals surface area (Å²) in [7, 11) is 0. The van der Waals surface area contributed by atoms with Gasteiger partial charge in [-0.3, -0.25) is 0 Å². The van der Waals surface area contributed by atoms with E-state index in [0.29, 0.717) is 12.2 Å². The fraction of sp³-hybridized carbons (Fsp3) is 0.357. The van der Waals surface area contributed by atoms with E-state index in [4.69, 9.17) is 4.74 Å². The third kappa shape index (κ3) is 6.77. The minimum Gasteiger partial charge on any atom is -0.461 e. The predicted octanol–water partition coefficient (Wildman–Crippen LogP) is 3.63. The Morgan fingerprint density at radius 1 is 1.22 bits per heavy atom. The maximum Gasteiger partial charge on any atom is 0.333 e. The molecule has 4 heteroatoms. The first-order valence-electron chi connectivity index (χ1n) is 5.78. The van der Waals surface area contributed by atoms with Crippen molar-refractivity contribution < 1.29 is 9.53 Å². The second-order valence-corrected chi connectivity index (χ2v) is 6.08.